The van der Waals surface area contributed by atoms with Crippen LogP contribution in [0.4, 0.5) is 0 Å². The Hall–Kier alpha value is -2.78. The lowest BCUT2D eigenvalue weighted by Crippen LogP contribution is -2.46. The van der Waals surface area contributed by atoms with Crippen LogP contribution < -0.4 is 5.32 Å². The van der Waals surface area contributed by atoms with Crippen LogP contribution in [0.3, 0.4) is 0 Å². The molecule has 1 saturated heterocycles. The number of carbonyl (C=O) groups is 3. The van der Waals surface area contributed by atoms with Gasteiger partial charge in [-0.3, -0.25) is 9.59 Å². The normalized spacial score (nSPS) is 16.2. The summed E-state index contributed by atoms with van der Waals surface area (Å²) in [6.45, 7) is 1.46. The zero-order valence-electron chi connectivity index (χ0n) is 17.1. The lowest BCUT2D eigenvalue weighted by Gasteiger charge is -2.31. The van der Waals surface area contributed by atoms with E-state index in [1.165, 1.54) is 25.6 Å². The molecule has 1 aromatic carbocycles. The average Bonchev–Trinajstić information content (AvgIpc) is 3.26. The van der Waals surface area contributed by atoms with E-state index in [1.54, 1.807) is 17.0 Å². The number of nitrogens with zero attached hydrogens (tertiary/aromatic N) is 2. The van der Waals surface area contributed by atoms with E-state index < -0.39 is 0 Å². The first-order chi connectivity index (χ1) is 14.5. The fourth-order valence-corrected chi connectivity index (χ4v) is 4.10. The molecule has 1 aliphatic heterocycles. The Morgan fingerprint density at radius 1 is 1.23 bits per heavy atom. The molecule has 0 aliphatic carbocycles. The van der Waals surface area contributed by atoms with E-state index in [0.717, 1.165) is 29.1 Å². The lowest BCUT2D eigenvalue weighted by atomic mass is 9.97. The number of nitrogens with one attached hydrogen (secondary N) is 1. The van der Waals surface area contributed by atoms with Gasteiger partial charge >= 0.3 is 5.97 Å². The van der Waals surface area contributed by atoms with Gasteiger partial charge in [-0.15, -0.1) is 11.3 Å². The molecule has 2 heterocycles. The Morgan fingerprint density at radius 2 is 2.00 bits per heavy atom. The van der Waals surface area contributed by atoms with Crippen molar-refractivity contribution in [3.05, 3.63) is 40.2 Å². The van der Waals surface area contributed by atoms with Crippen molar-refractivity contribution in [1.29, 1.82) is 0 Å². The highest BCUT2D eigenvalue weighted by molar-refractivity contribution is 7.09. The zero-order chi connectivity index (χ0) is 21.5. The minimum atomic E-state index is -0.381. The van der Waals surface area contributed by atoms with Crippen molar-refractivity contribution in [3.8, 4) is 11.3 Å². The van der Waals surface area contributed by atoms with Crippen LogP contribution in [0.2, 0.25) is 0 Å². The number of amides is 2. The van der Waals surface area contributed by atoms with Crippen LogP contribution in [-0.4, -0.2) is 61.6 Å². The summed E-state index contributed by atoms with van der Waals surface area (Å²) in [4.78, 5) is 42.3. The minimum absolute atomic E-state index is 0.0385. The minimum Gasteiger partial charge on any atom is -0.465 e. The predicted octanol–water partition coefficient (Wildman–Crippen LogP) is 2.10. The van der Waals surface area contributed by atoms with E-state index in [0.29, 0.717) is 25.2 Å². The highest BCUT2D eigenvalue weighted by Gasteiger charge is 2.28. The molecule has 8 nitrogen and oxygen atoms in total. The molecule has 0 saturated carbocycles. The van der Waals surface area contributed by atoms with E-state index in [1.807, 2.05) is 17.5 Å². The summed E-state index contributed by atoms with van der Waals surface area (Å²) in [5, 5.41) is 5.64. The molecular weight excluding hydrogens is 406 g/mol. The first kappa shape index (κ1) is 21.9. The first-order valence-electron chi connectivity index (χ1n) is 9.69. The van der Waals surface area contributed by atoms with Crippen molar-refractivity contribution in [2.45, 2.75) is 19.4 Å². The number of rotatable bonds is 7. The molecule has 1 N–H and O–H groups in total. The number of likely N-dealkylation sites (tertiary alicyclic amines) is 1. The Bertz CT molecular complexity index is 896. The molecule has 0 radical (unpaired) electrons. The summed E-state index contributed by atoms with van der Waals surface area (Å²) in [6.07, 6.45) is 1.56. The number of piperidine rings is 1. The largest absolute Gasteiger partial charge is 0.465 e. The Balaban J connectivity index is 1.54. The third kappa shape index (κ3) is 5.43. The van der Waals surface area contributed by atoms with E-state index >= 15 is 0 Å². The number of hydrogen-bond donors (Lipinski definition) is 1. The van der Waals surface area contributed by atoms with E-state index in [4.69, 9.17) is 9.47 Å². The van der Waals surface area contributed by atoms with Crippen LogP contribution in [0.1, 0.15) is 28.2 Å². The van der Waals surface area contributed by atoms with Crippen LogP contribution in [0.15, 0.2) is 29.6 Å². The molecule has 160 valence electrons. The summed E-state index contributed by atoms with van der Waals surface area (Å²) < 4.78 is 9.60. The van der Waals surface area contributed by atoms with Gasteiger partial charge in [0.1, 0.15) is 11.6 Å². The number of methoxy groups -OCH3 is 2. The standard InChI is InChI=1S/C21H25N3O5S/c1-28-12-19(25)24-9-3-4-16(11-24)20(26)22-10-18-23-17(13-30-18)14-5-7-15(8-6-14)21(27)29-2/h5-8,13,16H,3-4,9-12H2,1-2H3,(H,22,26)/t16-/m0/s1. The second-order valence-electron chi connectivity index (χ2n) is 7.03. The molecule has 0 spiro atoms. The molecule has 1 aromatic heterocycles. The third-order valence-electron chi connectivity index (χ3n) is 4.98. The van der Waals surface area contributed by atoms with Crippen molar-refractivity contribution >= 4 is 29.1 Å². The van der Waals surface area contributed by atoms with Gasteiger partial charge in [0.2, 0.25) is 11.8 Å². The Kier molecular flexibility index (Phi) is 7.53. The number of esters is 1. The number of hydrogen-bond acceptors (Lipinski definition) is 7. The van der Waals surface area contributed by atoms with Gasteiger partial charge in [-0.1, -0.05) is 12.1 Å². The monoisotopic (exact) mass is 431 g/mol. The van der Waals surface area contributed by atoms with Crippen LogP contribution in [0.5, 0.6) is 0 Å². The number of carbonyl (C=O) groups excluding carboxylic acids is 3. The van der Waals surface area contributed by atoms with Crippen molar-refractivity contribution < 1.29 is 23.9 Å². The van der Waals surface area contributed by atoms with Gasteiger partial charge in [-0.2, -0.15) is 0 Å². The Morgan fingerprint density at radius 3 is 2.70 bits per heavy atom. The van der Waals surface area contributed by atoms with E-state index in [2.05, 4.69) is 10.3 Å². The summed E-state index contributed by atoms with van der Waals surface area (Å²) in [5.41, 5.74) is 2.15. The number of benzene rings is 1. The summed E-state index contributed by atoms with van der Waals surface area (Å²) >= 11 is 1.46. The maximum atomic E-state index is 12.6. The topological polar surface area (TPSA) is 97.8 Å². The van der Waals surface area contributed by atoms with Gasteiger partial charge in [-0.25, -0.2) is 9.78 Å². The van der Waals surface area contributed by atoms with Crippen LogP contribution in [0.25, 0.3) is 11.3 Å². The maximum Gasteiger partial charge on any atom is 0.337 e. The number of thiazole rings is 1. The molecule has 1 atom stereocenters. The van der Waals surface area contributed by atoms with Gasteiger partial charge in [0.25, 0.3) is 0 Å². The van der Waals surface area contributed by atoms with Crippen molar-refractivity contribution in [2.75, 3.05) is 33.9 Å². The molecular formula is C21H25N3O5S. The smallest absolute Gasteiger partial charge is 0.337 e. The number of aromatic nitrogens is 1. The van der Waals surface area contributed by atoms with Crippen molar-refractivity contribution in [2.24, 2.45) is 5.92 Å². The second kappa shape index (κ2) is 10.3. The van der Waals surface area contributed by atoms with Crippen molar-refractivity contribution in [3.63, 3.8) is 0 Å². The van der Waals surface area contributed by atoms with Gasteiger partial charge in [0.05, 0.1) is 30.8 Å². The fraction of sp³-hybridized carbons (Fsp3) is 0.429. The fourth-order valence-electron chi connectivity index (χ4n) is 3.36. The average molecular weight is 432 g/mol. The Labute approximate surface area is 179 Å². The highest BCUT2D eigenvalue weighted by Crippen LogP contribution is 2.23. The molecule has 2 aromatic rings. The van der Waals surface area contributed by atoms with E-state index in [9.17, 15) is 14.4 Å². The van der Waals surface area contributed by atoms with E-state index in [-0.39, 0.29) is 30.3 Å². The molecule has 30 heavy (non-hydrogen) atoms. The van der Waals surface area contributed by atoms with Crippen LogP contribution in [0, 0.1) is 5.92 Å². The van der Waals surface area contributed by atoms with Gasteiger partial charge < -0.3 is 19.7 Å². The molecule has 9 heteroatoms. The SMILES string of the molecule is COCC(=O)N1CCC[C@H](C(=O)NCc2nc(-c3ccc(C(=O)OC)cc3)cs2)C1. The van der Waals surface area contributed by atoms with Gasteiger partial charge in [-0.05, 0) is 25.0 Å². The highest BCUT2D eigenvalue weighted by atomic mass is 32.1. The van der Waals surface area contributed by atoms with Crippen LogP contribution in [-0.2, 0) is 25.6 Å². The van der Waals surface area contributed by atoms with Crippen molar-refractivity contribution in [1.82, 2.24) is 15.2 Å². The lowest BCUT2D eigenvalue weighted by molar-refractivity contribution is -0.139. The molecule has 1 fully saturated rings. The molecule has 0 bridgehead atoms. The van der Waals surface area contributed by atoms with Gasteiger partial charge in [0, 0.05) is 31.1 Å². The number of ether oxygens (including phenoxy) is 2. The maximum absolute atomic E-state index is 12.6. The quantitative estimate of drug-likeness (QED) is 0.675. The van der Waals surface area contributed by atoms with Crippen LogP contribution >= 0.6 is 11.3 Å². The first-order valence-corrected chi connectivity index (χ1v) is 10.6. The molecule has 0 unspecified atom stereocenters. The summed E-state index contributed by atoms with van der Waals surface area (Å²) in [5.74, 6) is -0.750. The summed E-state index contributed by atoms with van der Waals surface area (Å²) in [6, 6.07) is 7.03. The molecule has 2 amide bonds. The predicted molar refractivity (Wildman–Crippen MR) is 112 cm³/mol. The summed E-state index contributed by atoms with van der Waals surface area (Å²) in [7, 11) is 2.83. The third-order valence-corrected chi connectivity index (χ3v) is 5.83. The molecule has 3 rings (SSSR count). The zero-order valence-corrected chi connectivity index (χ0v) is 17.9. The van der Waals surface area contributed by atoms with Gasteiger partial charge in [0.15, 0.2) is 0 Å². The molecule has 1 aliphatic rings. The second-order valence-corrected chi connectivity index (χ2v) is 7.97.